The minimum Gasteiger partial charge on any atom is -0.462 e. The van der Waals surface area contributed by atoms with Crippen molar-refractivity contribution in [2.24, 2.45) is 0 Å². The molecule has 3 N–H and O–H groups in total. The SMILES string of the molecule is CC/C=C/C/C=C/C/C=C/CCCCCCCCC(=O)OC(CCCCCCCCCCCCCCCCCCC)CC(=O)NC(CO)C(O)CCCCCCCCCCCCCC. The van der Waals surface area contributed by atoms with Crippen molar-refractivity contribution in [1.82, 2.24) is 5.32 Å². The van der Waals surface area contributed by atoms with Crippen LogP contribution in [0.2, 0.25) is 0 Å². The number of aliphatic hydroxyl groups excluding tert-OH is 2. The molecule has 3 atom stereocenters. The first-order valence-corrected chi connectivity index (χ1v) is 28.2. The number of nitrogens with one attached hydrogen (secondary N) is 1. The Hall–Kier alpha value is -1.92. The average Bonchev–Trinajstić information content (AvgIpc) is 3.29. The van der Waals surface area contributed by atoms with Crippen molar-refractivity contribution in [3.63, 3.8) is 0 Å². The van der Waals surface area contributed by atoms with Crippen LogP contribution in [0.4, 0.5) is 0 Å². The van der Waals surface area contributed by atoms with Crippen LogP contribution in [0.1, 0.15) is 297 Å². The van der Waals surface area contributed by atoms with Gasteiger partial charge in [0.1, 0.15) is 6.10 Å². The summed E-state index contributed by atoms with van der Waals surface area (Å²) in [5.74, 6) is -0.472. The van der Waals surface area contributed by atoms with Crippen LogP contribution in [-0.2, 0) is 14.3 Å². The Bertz CT molecular complexity index is 1060. The maximum Gasteiger partial charge on any atom is 0.306 e. The second-order valence-corrected chi connectivity index (χ2v) is 19.3. The van der Waals surface area contributed by atoms with Crippen molar-refractivity contribution in [2.75, 3.05) is 6.61 Å². The van der Waals surface area contributed by atoms with Crippen LogP contribution >= 0.6 is 0 Å². The Labute approximate surface area is 398 Å². The molecule has 0 heterocycles. The standard InChI is InChI=1S/C58H109NO5/c1-4-7-10-13-16-19-22-25-27-29-30-32-34-37-40-43-46-49-54(64-58(63)51-48-45-42-39-36-33-31-28-26-23-20-17-14-11-8-5-2)52-57(62)59-55(53-60)56(61)50-47-44-41-38-35-24-21-18-15-12-9-6-3/h8,11,17,20,26,28,54-56,60-61H,4-7,9-10,12-16,18-19,21-25,27,29-53H2,1-3H3,(H,59,62)/b11-8+,20-17+,28-26+. The summed E-state index contributed by atoms with van der Waals surface area (Å²) in [6.45, 7) is 6.40. The highest BCUT2D eigenvalue weighted by Crippen LogP contribution is 2.19. The van der Waals surface area contributed by atoms with Crippen LogP contribution < -0.4 is 5.32 Å². The maximum atomic E-state index is 13.2. The van der Waals surface area contributed by atoms with E-state index in [9.17, 15) is 19.8 Å². The van der Waals surface area contributed by atoms with Gasteiger partial charge >= 0.3 is 5.97 Å². The Morgan fingerprint density at radius 3 is 1.28 bits per heavy atom. The van der Waals surface area contributed by atoms with Crippen LogP contribution in [0.25, 0.3) is 0 Å². The zero-order valence-corrected chi connectivity index (χ0v) is 42.9. The number of unbranched alkanes of at least 4 members (excludes halogenated alkanes) is 33. The molecule has 0 aromatic carbocycles. The normalized spacial score (nSPS) is 13.4. The minimum atomic E-state index is -0.787. The monoisotopic (exact) mass is 900 g/mol. The molecule has 0 spiro atoms. The number of carbonyl (C=O) groups excluding carboxylic acids is 2. The average molecular weight is 901 g/mol. The zero-order chi connectivity index (χ0) is 46.7. The number of aliphatic hydroxyl groups is 2. The number of hydrogen-bond donors (Lipinski definition) is 3. The fraction of sp³-hybridized carbons (Fsp3) is 0.862. The van der Waals surface area contributed by atoms with E-state index in [1.54, 1.807) is 0 Å². The van der Waals surface area contributed by atoms with Crippen LogP contribution in [0, 0.1) is 0 Å². The molecule has 1 amide bonds. The molecule has 6 heteroatoms. The summed E-state index contributed by atoms with van der Waals surface area (Å²) in [4.78, 5) is 26.2. The molecule has 0 aromatic heterocycles. The molecule has 0 aliphatic carbocycles. The second kappa shape index (κ2) is 52.1. The van der Waals surface area contributed by atoms with Crippen molar-refractivity contribution in [2.45, 2.75) is 315 Å². The van der Waals surface area contributed by atoms with Gasteiger partial charge in [-0.25, -0.2) is 0 Å². The summed E-state index contributed by atoms with van der Waals surface area (Å²) in [6, 6.07) is -0.701. The molecule has 0 rings (SSSR count). The van der Waals surface area contributed by atoms with Gasteiger partial charge in [-0.15, -0.1) is 0 Å². The molecule has 6 nitrogen and oxygen atoms in total. The summed E-state index contributed by atoms with van der Waals surface area (Å²) in [7, 11) is 0. The van der Waals surface area contributed by atoms with Crippen LogP contribution in [0.5, 0.6) is 0 Å². The van der Waals surface area contributed by atoms with Gasteiger partial charge in [0.15, 0.2) is 0 Å². The third-order valence-corrected chi connectivity index (χ3v) is 13.0. The third-order valence-electron chi connectivity index (χ3n) is 13.0. The van der Waals surface area contributed by atoms with Gasteiger partial charge in [0.25, 0.3) is 0 Å². The number of carbonyl (C=O) groups is 2. The predicted molar refractivity (Wildman–Crippen MR) is 278 cm³/mol. The highest BCUT2D eigenvalue weighted by molar-refractivity contribution is 5.77. The van der Waals surface area contributed by atoms with Crippen molar-refractivity contribution < 1.29 is 24.5 Å². The number of esters is 1. The Kier molecular flexibility index (Phi) is 50.5. The van der Waals surface area contributed by atoms with Gasteiger partial charge in [-0.3, -0.25) is 9.59 Å². The summed E-state index contributed by atoms with van der Waals surface area (Å²) in [5.41, 5.74) is 0. The molecule has 3 unspecified atom stereocenters. The first-order chi connectivity index (χ1) is 31.5. The van der Waals surface area contributed by atoms with E-state index in [4.69, 9.17) is 4.74 Å². The summed E-state index contributed by atoms with van der Waals surface area (Å²) >= 11 is 0. The summed E-state index contributed by atoms with van der Waals surface area (Å²) < 4.78 is 5.96. The topological polar surface area (TPSA) is 95.9 Å². The molecule has 376 valence electrons. The lowest BCUT2D eigenvalue weighted by Gasteiger charge is -2.24. The van der Waals surface area contributed by atoms with Gasteiger partial charge in [0.2, 0.25) is 5.91 Å². The van der Waals surface area contributed by atoms with Gasteiger partial charge in [-0.1, -0.05) is 263 Å². The van der Waals surface area contributed by atoms with Gasteiger partial charge in [0.05, 0.1) is 25.2 Å². The van der Waals surface area contributed by atoms with E-state index in [-0.39, 0.29) is 24.9 Å². The molecule has 64 heavy (non-hydrogen) atoms. The molecule has 0 radical (unpaired) electrons. The molecule has 0 aliphatic heterocycles. The lowest BCUT2D eigenvalue weighted by Crippen LogP contribution is -2.46. The molecular formula is C58H109NO5. The number of rotatable bonds is 51. The zero-order valence-electron chi connectivity index (χ0n) is 42.9. The molecule has 0 aromatic rings. The van der Waals surface area contributed by atoms with E-state index < -0.39 is 18.2 Å². The smallest absolute Gasteiger partial charge is 0.306 e. The van der Waals surface area contributed by atoms with Crippen molar-refractivity contribution in [3.05, 3.63) is 36.5 Å². The molecule has 0 saturated carbocycles. The van der Waals surface area contributed by atoms with Crippen LogP contribution in [-0.4, -0.2) is 46.9 Å². The van der Waals surface area contributed by atoms with Crippen molar-refractivity contribution in [1.29, 1.82) is 0 Å². The van der Waals surface area contributed by atoms with Gasteiger partial charge in [-0.2, -0.15) is 0 Å². The first-order valence-electron chi connectivity index (χ1n) is 28.2. The fourth-order valence-electron chi connectivity index (χ4n) is 8.74. The highest BCUT2D eigenvalue weighted by Gasteiger charge is 2.24. The number of amides is 1. The third kappa shape index (κ3) is 46.6. The van der Waals surface area contributed by atoms with Gasteiger partial charge in [0, 0.05) is 6.42 Å². The van der Waals surface area contributed by atoms with Gasteiger partial charge < -0.3 is 20.3 Å². The molecule has 0 saturated heterocycles. The highest BCUT2D eigenvalue weighted by atomic mass is 16.5. The fourth-order valence-corrected chi connectivity index (χ4v) is 8.74. The van der Waals surface area contributed by atoms with E-state index in [0.717, 1.165) is 70.6 Å². The van der Waals surface area contributed by atoms with Crippen LogP contribution in [0.15, 0.2) is 36.5 Å². The number of ether oxygens (including phenoxy) is 1. The Morgan fingerprint density at radius 2 is 0.844 bits per heavy atom. The Morgan fingerprint density at radius 1 is 0.469 bits per heavy atom. The van der Waals surface area contributed by atoms with E-state index in [2.05, 4.69) is 62.5 Å². The molecule has 0 fully saturated rings. The van der Waals surface area contributed by atoms with Gasteiger partial charge in [-0.05, 0) is 57.8 Å². The molecule has 0 bridgehead atoms. The number of allylic oxidation sites excluding steroid dienone is 6. The molecular weight excluding hydrogens is 791 g/mol. The Balaban J connectivity index is 4.56. The first kappa shape index (κ1) is 62.1. The molecule has 0 aliphatic rings. The minimum absolute atomic E-state index is 0.0768. The maximum absolute atomic E-state index is 13.2. The lowest BCUT2D eigenvalue weighted by molar-refractivity contribution is -0.151. The van der Waals surface area contributed by atoms with Crippen molar-refractivity contribution >= 4 is 11.9 Å². The largest absolute Gasteiger partial charge is 0.462 e. The summed E-state index contributed by atoms with van der Waals surface area (Å²) in [5, 5.41) is 23.8. The van der Waals surface area contributed by atoms with E-state index in [1.165, 1.54) is 180 Å². The van der Waals surface area contributed by atoms with Crippen molar-refractivity contribution in [3.8, 4) is 0 Å². The van der Waals surface area contributed by atoms with E-state index in [1.807, 2.05) is 0 Å². The summed E-state index contributed by atoms with van der Waals surface area (Å²) in [6.07, 6.45) is 62.1. The number of hydrogen-bond acceptors (Lipinski definition) is 5. The van der Waals surface area contributed by atoms with E-state index in [0.29, 0.717) is 19.3 Å². The predicted octanol–water partition coefficient (Wildman–Crippen LogP) is 17.2. The lowest BCUT2D eigenvalue weighted by atomic mass is 10.0. The quantitative estimate of drug-likeness (QED) is 0.0321. The second-order valence-electron chi connectivity index (χ2n) is 19.3. The van der Waals surface area contributed by atoms with E-state index >= 15 is 0 Å². The van der Waals surface area contributed by atoms with Crippen LogP contribution in [0.3, 0.4) is 0 Å².